The largest absolute Gasteiger partial charge is 0.470 e. The van der Waals surface area contributed by atoms with Gasteiger partial charge in [0.1, 0.15) is 11.4 Å². The maximum absolute atomic E-state index is 12.9. The normalized spacial score (nSPS) is 20.5. The number of aromatic nitrogens is 2. The van der Waals surface area contributed by atoms with Crippen LogP contribution < -0.4 is 4.74 Å². The zero-order valence-corrected chi connectivity index (χ0v) is 14.7. The van der Waals surface area contributed by atoms with E-state index in [0.29, 0.717) is 22.5 Å². The number of hydrogen-bond donors (Lipinski definition) is 0. The van der Waals surface area contributed by atoms with E-state index in [1.807, 2.05) is 17.0 Å². The van der Waals surface area contributed by atoms with E-state index >= 15 is 0 Å². The second-order valence-electron chi connectivity index (χ2n) is 6.50. The first kappa shape index (κ1) is 16.4. The molecule has 1 aromatic heterocycles. The van der Waals surface area contributed by atoms with Gasteiger partial charge in [-0.05, 0) is 37.6 Å². The Balaban J connectivity index is 1.44. The first-order chi connectivity index (χ1) is 12.2. The first-order valence-electron chi connectivity index (χ1n) is 8.65. The molecule has 1 aromatic carbocycles. The van der Waals surface area contributed by atoms with Crippen LogP contribution in [0, 0.1) is 0 Å². The van der Waals surface area contributed by atoms with Gasteiger partial charge in [-0.2, -0.15) is 5.10 Å². The van der Waals surface area contributed by atoms with Gasteiger partial charge < -0.3 is 9.64 Å². The molecule has 4 rings (SSSR count). The Morgan fingerprint density at radius 1 is 1.24 bits per heavy atom. The fourth-order valence-corrected chi connectivity index (χ4v) is 3.84. The van der Waals surface area contributed by atoms with Gasteiger partial charge in [0.25, 0.3) is 5.91 Å². The fraction of sp³-hybridized carbons (Fsp3) is 0.444. The summed E-state index contributed by atoms with van der Waals surface area (Å²) >= 11 is 6.11. The lowest BCUT2D eigenvalue weighted by atomic mass is 10.1. The average Bonchev–Trinajstić information content (AvgIpc) is 3.28. The van der Waals surface area contributed by atoms with E-state index in [0.717, 1.165) is 26.2 Å². The van der Waals surface area contributed by atoms with Crippen molar-refractivity contribution in [3.05, 3.63) is 47.2 Å². The second kappa shape index (κ2) is 7.06. The lowest BCUT2D eigenvalue weighted by Crippen LogP contribution is -2.52. The molecular weight excluding hydrogens is 340 g/mol. The third-order valence-electron chi connectivity index (χ3n) is 4.99. The summed E-state index contributed by atoms with van der Waals surface area (Å²) in [5, 5.41) is 4.78. The molecule has 1 atom stereocenters. The summed E-state index contributed by atoms with van der Waals surface area (Å²) in [6.45, 7) is 3.85. The van der Waals surface area contributed by atoms with Crippen LogP contribution in [0.1, 0.15) is 23.3 Å². The van der Waals surface area contributed by atoms with Crippen molar-refractivity contribution in [3.8, 4) is 5.75 Å². The van der Waals surface area contributed by atoms with Gasteiger partial charge in [0.05, 0.1) is 5.02 Å². The van der Waals surface area contributed by atoms with Crippen LogP contribution >= 0.6 is 11.6 Å². The summed E-state index contributed by atoms with van der Waals surface area (Å²) in [6.07, 6.45) is 4.05. The minimum Gasteiger partial charge on any atom is -0.470 e. The molecule has 2 aliphatic heterocycles. The molecule has 1 amide bonds. The van der Waals surface area contributed by atoms with E-state index in [4.69, 9.17) is 16.3 Å². The van der Waals surface area contributed by atoms with E-state index in [2.05, 4.69) is 10.00 Å². The van der Waals surface area contributed by atoms with Crippen molar-refractivity contribution in [1.29, 1.82) is 0 Å². The van der Waals surface area contributed by atoms with Gasteiger partial charge in [-0.15, -0.1) is 0 Å². The molecule has 0 unspecified atom stereocenters. The number of carbonyl (C=O) groups is 1. The molecule has 0 aliphatic carbocycles. The Bertz CT molecular complexity index is 763. The predicted molar refractivity (Wildman–Crippen MR) is 94.8 cm³/mol. The number of halogens is 1. The van der Waals surface area contributed by atoms with Crippen molar-refractivity contribution in [1.82, 2.24) is 19.6 Å². The highest BCUT2D eigenvalue weighted by Gasteiger charge is 2.33. The lowest BCUT2D eigenvalue weighted by molar-refractivity contribution is 0.0551. The van der Waals surface area contributed by atoms with Gasteiger partial charge in [-0.25, -0.2) is 4.68 Å². The van der Waals surface area contributed by atoms with E-state index in [9.17, 15) is 4.79 Å². The van der Waals surface area contributed by atoms with E-state index in [1.54, 1.807) is 29.1 Å². The summed E-state index contributed by atoms with van der Waals surface area (Å²) in [5.41, 5.74) is 0.554. The molecule has 2 fully saturated rings. The zero-order chi connectivity index (χ0) is 17.2. The number of hydrogen-bond acceptors (Lipinski definition) is 4. The van der Waals surface area contributed by atoms with Crippen LogP contribution in [0.15, 0.2) is 36.5 Å². The smallest absolute Gasteiger partial charge is 0.272 e. The lowest BCUT2D eigenvalue weighted by Gasteiger charge is -2.37. The minimum absolute atomic E-state index is 0.0202. The maximum atomic E-state index is 12.9. The molecular formula is C18H21ClN4O2. The van der Waals surface area contributed by atoms with Crippen LogP contribution in [0.3, 0.4) is 0 Å². The van der Waals surface area contributed by atoms with Gasteiger partial charge in [0, 0.05) is 31.9 Å². The van der Waals surface area contributed by atoms with Crippen LogP contribution in [-0.2, 0) is 6.73 Å². The number of nitrogens with zero attached hydrogens (tertiary/aromatic N) is 4. The zero-order valence-electron chi connectivity index (χ0n) is 14.0. The van der Waals surface area contributed by atoms with Crippen LogP contribution in [0.25, 0.3) is 0 Å². The van der Waals surface area contributed by atoms with E-state index in [-0.39, 0.29) is 12.6 Å². The summed E-state index contributed by atoms with van der Waals surface area (Å²) in [5.74, 6) is 0.601. The monoisotopic (exact) mass is 360 g/mol. The predicted octanol–water partition coefficient (Wildman–Crippen LogP) is 2.49. The highest BCUT2D eigenvalue weighted by Crippen LogP contribution is 2.24. The Kier molecular flexibility index (Phi) is 4.63. The standard InChI is InChI=1S/C18H21ClN4O2/c19-15-5-1-2-6-17(15)25-13-23-16(7-8-20-23)18(24)22-11-10-21-9-3-4-14(21)12-22/h1-2,5-8,14H,3-4,9-13H2/t14-/m1/s1. The van der Waals surface area contributed by atoms with Gasteiger partial charge in [0.15, 0.2) is 6.73 Å². The summed E-state index contributed by atoms with van der Waals surface area (Å²) in [7, 11) is 0. The number of amides is 1. The maximum Gasteiger partial charge on any atom is 0.272 e. The minimum atomic E-state index is 0.0202. The molecule has 0 bridgehead atoms. The van der Waals surface area contributed by atoms with Crippen LogP contribution in [0.2, 0.25) is 5.02 Å². The van der Waals surface area contributed by atoms with E-state index < -0.39 is 0 Å². The van der Waals surface area contributed by atoms with Crippen molar-refractivity contribution in [2.45, 2.75) is 25.6 Å². The number of rotatable bonds is 4. The molecule has 0 spiro atoms. The number of para-hydroxylation sites is 1. The highest BCUT2D eigenvalue weighted by molar-refractivity contribution is 6.32. The molecule has 6 nitrogen and oxygen atoms in total. The number of fused-ring (bicyclic) bond motifs is 1. The number of benzene rings is 1. The topological polar surface area (TPSA) is 50.6 Å². The molecule has 25 heavy (non-hydrogen) atoms. The fourth-order valence-electron chi connectivity index (χ4n) is 3.65. The van der Waals surface area contributed by atoms with Gasteiger partial charge >= 0.3 is 0 Å². The Labute approximate surface area is 151 Å². The molecule has 2 saturated heterocycles. The van der Waals surface area contributed by atoms with Gasteiger partial charge in [0.2, 0.25) is 0 Å². The van der Waals surface area contributed by atoms with Crippen LogP contribution in [-0.4, -0.2) is 57.7 Å². The molecule has 132 valence electrons. The summed E-state index contributed by atoms with van der Waals surface area (Å²) in [6, 6.07) is 9.53. The number of ether oxygens (including phenoxy) is 1. The molecule has 2 aliphatic rings. The molecule has 0 N–H and O–H groups in total. The SMILES string of the molecule is O=C(c1ccnn1COc1ccccc1Cl)N1CCN2CCC[C@@H]2C1. The first-order valence-corrected chi connectivity index (χ1v) is 9.02. The van der Waals surface area contributed by atoms with Crippen molar-refractivity contribution < 1.29 is 9.53 Å². The van der Waals surface area contributed by atoms with Crippen molar-refractivity contribution in [2.75, 3.05) is 26.2 Å². The van der Waals surface area contributed by atoms with E-state index in [1.165, 1.54) is 12.8 Å². The highest BCUT2D eigenvalue weighted by atomic mass is 35.5. The van der Waals surface area contributed by atoms with Gasteiger partial charge in [-0.1, -0.05) is 23.7 Å². The third kappa shape index (κ3) is 3.37. The molecule has 2 aromatic rings. The third-order valence-corrected chi connectivity index (χ3v) is 5.30. The average molecular weight is 361 g/mol. The van der Waals surface area contributed by atoms with Crippen molar-refractivity contribution >= 4 is 17.5 Å². The molecule has 3 heterocycles. The number of carbonyl (C=O) groups excluding carboxylic acids is 1. The Morgan fingerprint density at radius 3 is 3.00 bits per heavy atom. The van der Waals surface area contributed by atoms with Crippen LogP contribution in [0.5, 0.6) is 5.75 Å². The van der Waals surface area contributed by atoms with Crippen LogP contribution in [0.4, 0.5) is 0 Å². The Hall–Kier alpha value is -2.05. The van der Waals surface area contributed by atoms with Crippen molar-refractivity contribution in [2.24, 2.45) is 0 Å². The molecule has 7 heteroatoms. The van der Waals surface area contributed by atoms with Crippen molar-refractivity contribution in [3.63, 3.8) is 0 Å². The molecule has 0 radical (unpaired) electrons. The summed E-state index contributed by atoms with van der Waals surface area (Å²) < 4.78 is 7.31. The quantitative estimate of drug-likeness (QED) is 0.840. The summed E-state index contributed by atoms with van der Waals surface area (Å²) in [4.78, 5) is 17.3. The second-order valence-corrected chi connectivity index (χ2v) is 6.91. The van der Waals surface area contributed by atoms with Gasteiger partial charge in [-0.3, -0.25) is 9.69 Å². The number of piperazine rings is 1. The Morgan fingerprint density at radius 2 is 2.12 bits per heavy atom. The molecule has 0 saturated carbocycles.